The molecule has 2 rings (SSSR count). The lowest BCUT2D eigenvalue weighted by Crippen LogP contribution is -2.04. The zero-order chi connectivity index (χ0) is 14.0. The Morgan fingerprint density at radius 3 is 2.47 bits per heavy atom. The van der Waals surface area contributed by atoms with Gasteiger partial charge in [-0.05, 0) is 40.5 Å². The summed E-state index contributed by atoms with van der Waals surface area (Å²) >= 11 is 3.36. The van der Waals surface area contributed by atoms with Gasteiger partial charge in [0.15, 0.2) is 23.3 Å². The van der Waals surface area contributed by atoms with E-state index in [4.69, 9.17) is 0 Å². The van der Waals surface area contributed by atoms with Gasteiger partial charge in [-0.25, -0.2) is 13.8 Å². The van der Waals surface area contributed by atoms with E-state index in [9.17, 15) is 8.78 Å². The monoisotopic (exact) mass is 327 g/mol. The van der Waals surface area contributed by atoms with Gasteiger partial charge in [-0.15, -0.1) is 0 Å². The lowest BCUT2D eigenvalue weighted by Gasteiger charge is -2.11. The van der Waals surface area contributed by atoms with E-state index in [0.29, 0.717) is 5.69 Å². The van der Waals surface area contributed by atoms with Gasteiger partial charge < -0.3 is 10.6 Å². The lowest BCUT2D eigenvalue weighted by atomic mass is 10.2. The second kappa shape index (κ2) is 5.52. The Hall–Kier alpha value is -1.69. The van der Waals surface area contributed by atoms with Crippen molar-refractivity contribution in [2.45, 2.75) is 6.92 Å². The van der Waals surface area contributed by atoms with Crippen LogP contribution in [-0.2, 0) is 0 Å². The van der Waals surface area contributed by atoms with E-state index in [-0.39, 0.29) is 11.6 Å². The van der Waals surface area contributed by atoms with Gasteiger partial charge in [0.2, 0.25) is 0 Å². The molecule has 1 heterocycles. The first kappa shape index (κ1) is 13.7. The van der Waals surface area contributed by atoms with E-state index in [1.807, 2.05) is 25.1 Å². The topological polar surface area (TPSA) is 37.0 Å². The Kier molecular flexibility index (Phi) is 3.99. The van der Waals surface area contributed by atoms with Crippen LogP contribution in [0.1, 0.15) is 5.56 Å². The Bertz CT molecular complexity index is 617. The molecular weight excluding hydrogens is 316 g/mol. The van der Waals surface area contributed by atoms with E-state index >= 15 is 0 Å². The van der Waals surface area contributed by atoms with Crippen molar-refractivity contribution in [2.75, 3.05) is 17.7 Å². The SMILES string of the molecule is CNc1nc(Nc2cc(C)ccc2Br)c(F)cc1F. The molecule has 19 heavy (non-hydrogen) atoms. The third-order valence-corrected chi connectivity index (χ3v) is 3.23. The number of anilines is 3. The second-order valence-electron chi connectivity index (χ2n) is 4.01. The molecule has 0 spiro atoms. The maximum Gasteiger partial charge on any atom is 0.169 e. The predicted octanol–water partition coefficient (Wildman–Crippen LogP) is 4.22. The molecule has 100 valence electrons. The number of hydrogen-bond donors (Lipinski definition) is 2. The second-order valence-corrected chi connectivity index (χ2v) is 4.86. The molecule has 6 heteroatoms. The molecule has 0 unspecified atom stereocenters. The summed E-state index contributed by atoms with van der Waals surface area (Å²) in [6.07, 6.45) is 0. The minimum absolute atomic E-state index is 0.00678. The van der Waals surface area contributed by atoms with Gasteiger partial charge in [-0.1, -0.05) is 6.07 Å². The van der Waals surface area contributed by atoms with Crippen LogP contribution in [0.2, 0.25) is 0 Å². The van der Waals surface area contributed by atoms with Gasteiger partial charge >= 0.3 is 0 Å². The van der Waals surface area contributed by atoms with Crippen LogP contribution in [-0.4, -0.2) is 12.0 Å². The number of halogens is 3. The third kappa shape index (κ3) is 3.01. The van der Waals surface area contributed by atoms with Crippen molar-refractivity contribution < 1.29 is 8.78 Å². The maximum absolute atomic E-state index is 13.7. The molecule has 0 aliphatic carbocycles. The lowest BCUT2D eigenvalue weighted by molar-refractivity contribution is 0.580. The van der Waals surface area contributed by atoms with Crippen molar-refractivity contribution in [2.24, 2.45) is 0 Å². The van der Waals surface area contributed by atoms with E-state index in [1.54, 1.807) is 0 Å². The summed E-state index contributed by atoms with van der Waals surface area (Å²) in [6.45, 7) is 1.92. The van der Waals surface area contributed by atoms with Gasteiger partial charge in [0.05, 0.1) is 5.69 Å². The molecule has 0 atom stereocenters. The number of aryl methyl sites for hydroxylation is 1. The number of nitrogens with zero attached hydrogens (tertiary/aromatic N) is 1. The van der Waals surface area contributed by atoms with Crippen molar-refractivity contribution in [3.63, 3.8) is 0 Å². The van der Waals surface area contributed by atoms with Crippen LogP contribution in [0.15, 0.2) is 28.7 Å². The number of rotatable bonds is 3. The van der Waals surface area contributed by atoms with Crippen molar-refractivity contribution in [3.05, 3.63) is 45.9 Å². The highest BCUT2D eigenvalue weighted by molar-refractivity contribution is 9.10. The predicted molar refractivity (Wildman–Crippen MR) is 75.9 cm³/mol. The van der Waals surface area contributed by atoms with Gasteiger partial charge in [0.1, 0.15) is 0 Å². The van der Waals surface area contributed by atoms with Crippen LogP contribution in [0.4, 0.5) is 26.1 Å². The summed E-state index contributed by atoms with van der Waals surface area (Å²) in [6, 6.07) is 6.40. The first-order chi connectivity index (χ1) is 9.01. The minimum Gasteiger partial charge on any atom is -0.371 e. The summed E-state index contributed by atoms with van der Waals surface area (Å²) in [5.74, 6) is -1.51. The van der Waals surface area contributed by atoms with Gasteiger partial charge in [-0.3, -0.25) is 0 Å². The molecular formula is C13H12BrF2N3. The van der Waals surface area contributed by atoms with Gasteiger partial charge in [-0.2, -0.15) is 0 Å². The highest BCUT2D eigenvalue weighted by Crippen LogP contribution is 2.28. The van der Waals surface area contributed by atoms with Crippen LogP contribution in [0.3, 0.4) is 0 Å². The van der Waals surface area contributed by atoms with Crippen molar-refractivity contribution in [1.82, 2.24) is 4.98 Å². The van der Waals surface area contributed by atoms with Crippen LogP contribution in [0.25, 0.3) is 0 Å². The molecule has 0 saturated carbocycles. The van der Waals surface area contributed by atoms with E-state index in [1.165, 1.54) is 7.05 Å². The smallest absolute Gasteiger partial charge is 0.169 e. The van der Waals surface area contributed by atoms with E-state index in [0.717, 1.165) is 16.1 Å². The Labute approximate surface area is 118 Å². The normalized spacial score (nSPS) is 10.4. The van der Waals surface area contributed by atoms with Crippen LogP contribution in [0.5, 0.6) is 0 Å². The van der Waals surface area contributed by atoms with Gasteiger partial charge in [0.25, 0.3) is 0 Å². The number of nitrogens with one attached hydrogen (secondary N) is 2. The fourth-order valence-electron chi connectivity index (χ4n) is 1.59. The summed E-state index contributed by atoms with van der Waals surface area (Å²) < 4.78 is 27.8. The highest BCUT2D eigenvalue weighted by Gasteiger charge is 2.12. The molecule has 2 aromatic rings. The largest absolute Gasteiger partial charge is 0.371 e. The molecule has 0 bridgehead atoms. The third-order valence-electron chi connectivity index (χ3n) is 2.54. The summed E-state index contributed by atoms with van der Waals surface area (Å²) in [5.41, 5.74) is 1.68. The summed E-state index contributed by atoms with van der Waals surface area (Å²) in [4.78, 5) is 3.86. The standard InChI is InChI=1S/C13H12BrF2N3/c1-7-3-4-8(14)11(5-7)18-13-10(16)6-9(15)12(17-2)19-13/h3-6H,1-2H3,(H2,17,18,19). The fraction of sp³-hybridized carbons (Fsp3) is 0.154. The number of aromatic nitrogens is 1. The average Bonchev–Trinajstić information content (AvgIpc) is 2.37. The molecule has 0 fully saturated rings. The summed E-state index contributed by atoms with van der Waals surface area (Å²) in [7, 11) is 1.52. The van der Waals surface area contributed by atoms with Crippen LogP contribution >= 0.6 is 15.9 Å². The zero-order valence-electron chi connectivity index (χ0n) is 10.4. The number of pyridine rings is 1. The van der Waals surface area contributed by atoms with Gasteiger partial charge in [0, 0.05) is 17.6 Å². The molecule has 0 amide bonds. The van der Waals surface area contributed by atoms with E-state index in [2.05, 4.69) is 31.5 Å². The minimum atomic E-state index is -0.745. The van der Waals surface area contributed by atoms with Crippen molar-refractivity contribution >= 4 is 33.3 Å². The first-order valence-electron chi connectivity index (χ1n) is 5.58. The van der Waals surface area contributed by atoms with Crippen molar-refractivity contribution in [3.8, 4) is 0 Å². The molecule has 1 aromatic heterocycles. The maximum atomic E-state index is 13.7. The summed E-state index contributed by atoms with van der Waals surface area (Å²) in [5, 5.41) is 5.41. The zero-order valence-corrected chi connectivity index (χ0v) is 12.0. The molecule has 0 aliphatic rings. The fourth-order valence-corrected chi connectivity index (χ4v) is 1.94. The average molecular weight is 328 g/mol. The van der Waals surface area contributed by atoms with Crippen LogP contribution < -0.4 is 10.6 Å². The molecule has 1 aromatic carbocycles. The molecule has 0 aliphatic heterocycles. The highest BCUT2D eigenvalue weighted by atomic mass is 79.9. The molecule has 2 N–H and O–H groups in total. The first-order valence-corrected chi connectivity index (χ1v) is 6.37. The van der Waals surface area contributed by atoms with E-state index < -0.39 is 11.6 Å². The number of benzene rings is 1. The van der Waals surface area contributed by atoms with Crippen molar-refractivity contribution in [1.29, 1.82) is 0 Å². The molecule has 0 saturated heterocycles. The Morgan fingerprint density at radius 2 is 1.79 bits per heavy atom. The Balaban J connectivity index is 2.40. The molecule has 3 nitrogen and oxygen atoms in total. The quantitative estimate of drug-likeness (QED) is 0.886. The number of hydrogen-bond acceptors (Lipinski definition) is 3. The Morgan fingerprint density at radius 1 is 1.11 bits per heavy atom. The van der Waals surface area contributed by atoms with Crippen LogP contribution in [0, 0.1) is 18.6 Å². The molecule has 0 radical (unpaired) electrons.